The van der Waals surface area contributed by atoms with E-state index in [0.29, 0.717) is 0 Å². The number of thioether (sulfide) groups is 1. The van der Waals surface area contributed by atoms with E-state index >= 15 is 0 Å². The summed E-state index contributed by atoms with van der Waals surface area (Å²) in [4.78, 5) is 5.55. The minimum Gasteiger partial charge on any atom is -0.486 e. The number of hydrogen-bond donors (Lipinski definition) is 1. The molecular formula is C17H20N2OS. The molecule has 4 heteroatoms. The van der Waals surface area contributed by atoms with Crippen LogP contribution in [0.3, 0.4) is 0 Å². The fraction of sp³-hybridized carbons (Fsp3) is 0.353. The second-order valence-electron chi connectivity index (χ2n) is 5.25. The lowest BCUT2D eigenvalue weighted by atomic mass is 10.0. The number of pyridine rings is 1. The molecule has 0 aliphatic carbocycles. The van der Waals surface area contributed by atoms with E-state index in [9.17, 15) is 0 Å². The molecule has 1 aliphatic rings. The quantitative estimate of drug-likeness (QED) is 0.935. The first-order valence-electron chi connectivity index (χ1n) is 7.31. The average Bonchev–Trinajstić information content (AvgIpc) is 2.52. The maximum atomic E-state index is 6.23. The van der Waals surface area contributed by atoms with Crippen molar-refractivity contribution >= 4 is 11.8 Å². The molecule has 0 amide bonds. The number of aromatic nitrogens is 1. The lowest BCUT2D eigenvalue weighted by Crippen LogP contribution is -2.39. The van der Waals surface area contributed by atoms with Crippen LogP contribution in [0.4, 0.5) is 0 Å². The summed E-state index contributed by atoms with van der Waals surface area (Å²) >= 11 is 1.86. The topological polar surface area (TPSA) is 34.2 Å². The average molecular weight is 300 g/mol. The van der Waals surface area contributed by atoms with E-state index in [-0.39, 0.29) is 12.1 Å². The van der Waals surface area contributed by atoms with Gasteiger partial charge in [0.05, 0.1) is 6.04 Å². The van der Waals surface area contributed by atoms with Crippen LogP contribution >= 0.6 is 11.8 Å². The van der Waals surface area contributed by atoms with Crippen LogP contribution in [-0.2, 0) is 0 Å². The van der Waals surface area contributed by atoms with Crippen molar-refractivity contribution in [1.29, 1.82) is 0 Å². The highest BCUT2D eigenvalue weighted by Gasteiger charge is 2.29. The standard InChI is InChI=1S/C17H20N2OS/c1-3-19-17(13-8-12(2)9-18-10-13)15-11-21-16-7-5-4-6-14(16)20-15/h4-10,15,17,19H,3,11H2,1-2H3. The zero-order valence-corrected chi connectivity index (χ0v) is 13.2. The Kier molecular flexibility index (Phi) is 4.46. The highest BCUT2D eigenvalue weighted by molar-refractivity contribution is 7.99. The number of nitrogens with zero attached hydrogens (tertiary/aromatic N) is 1. The highest BCUT2D eigenvalue weighted by Crippen LogP contribution is 2.38. The van der Waals surface area contributed by atoms with Gasteiger partial charge in [-0.1, -0.05) is 25.1 Å². The van der Waals surface area contributed by atoms with Gasteiger partial charge in [0.2, 0.25) is 0 Å². The summed E-state index contributed by atoms with van der Waals surface area (Å²) in [6, 6.07) is 10.6. The van der Waals surface area contributed by atoms with Gasteiger partial charge < -0.3 is 10.1 Å². The van der Waals surface area contributed by atoms with Crippen LogP contribution in [0.5, 0.6) is 5.75 Å². The Bertz CT molecular complexity index is 617. The number of fused-ring (bicyclic) bond motifs is 1. The van der Waals surface area contributed by atoms with E-state index < -0.39 is 0 Å². The lowest BCUT2D eigenvalue weighted by molar-refractivity contribution is 0.167. The molecule has 0 spiro atoms. The molecule has 3 nitrogen and oxygen atoms in total. The largest absolute Gasteiger partial charge is 0.486 e. The van der Waals surface area contributed by atoms with Gasteiger partial charge in [-0.2, -0.15) is 0 Å². The van der Waals surface area contributed by atoms with E-state index in [1.54, 1.807) is 0 Å². The number of rotatable bonds is 4. The van der Waals surface area contributed by atoms with Gasteiger partial charge in [-0.3, -0.25) is 4.98 Å². The maximum Gasteiger partial charge on any atom is 0.133 e. The highest BCUT2D eigenvalue weighted by atomic mass is 32.2. The molecule has 2 heterocycles. The third kappa shape index (κ3) is 3.22. The fourth-order valence-electron chi connectivity index (χ4n) is 2.63. The SMILES string of the molecule is CCNC(c1cncc(C)c1)C1CSc2ccccc2O1. The number of nitrogens with one attached hydrogen (secondary N) is 1. The second-order valence-corrected chi connectivity index (χ2v) is 6.31. The Hall–Kier alpha value is -1.52. The molecule has 2 aromatic rings. The van der Waals surface area contributed by atoms with Gasteiger partial charge in [-0.15, -0.1) is 11.8 Å². The van der Waals surface area contributed by atoms with Crippen molar-refractivity contribution in [3.8, 4) is 5.75 Å². The molecular weight excluding hydrogens is 280 g/mol. The lowest BCUT2D eigenvalue weighted by Gasteiger charge is -2.32. The van der Waals surface area contributed by atoms with Gasteiger partial charge in [0.25, 0.3) is 0 Å². The van der Waals surface area contributed by atoms with Crippen molar-refractivity contribution in [2.75, 3.05) is 12.3 Å². The van der Waals surface area contributed by atoms with Crippen molar-refractivity contribution in [2.45, 2.75) is 30.9 Å². The van der Waals surface area contributed by atoms with Crippen molar-refractivity contribution < 1.29 is 4.74 Å². The molecule has 2 atom stereocenters. The van der Waals surface area contributed by atoms with Crippen molar-refractivity contribution in [3.63, 3.8) is 0 Å². The molecule has 1 aliphatic heterocycles. The predicted octanol–water partition coefficient (Wildman–Crippen LogP) is 3.59. The van der Waals surface area contributed by atoms with Crippen LogP contribution in [0, 0.1) is 6.92 Å². The molecule has 3 rings (SSSR count). The van der Waals surface area contributed by atoms with E-state index in [0.717, 1.165) is 18.0 Å². The minimum absolute atomic E-state index is 0.119. The summed E-state index contributed by atoms with van der Waals surface area (Å²) in [7, 11) is 0. The number of aryl methyl sites for hydroxylation is 1. The van der Waals surface area contributed by atoms with Crippen molar-refractivity contribution in [3.05, 3.63) is 53.9 Å². The van der Waals surface area contributed by atoms with E-state index in [1.165, 1.54) is 16.0 Å². The van der Waals surface area contributed by atoms with Crippen molar-refractivity contribution in [2.24, 2.45) is 0 Å². The first-order valence-corrected chi connectivity index (χ1v) is 8.30. The summed E-state index contributed by atoms with van der Waals surface area (Å²) in [6.07, 6.45) is 3.95. The predicted molar refractivity (Wildman–Crippen MR) is 87.0 cm³/mol. The number of para-hydroxylation sites is 1. The van der Waals surface area contributed by atoms with Crippen LogP contribution in [0.15, 0.2) is 47.6 Å². The molecule has 21 heavy (non-hydrogen) atoms. The monoisotopic (exact) mass is 300 g/mol. The fourth-order valence-corrected chi connectivity index (χ4v) is 3.67. The zero-order valence-electron chi connectivity index (χ0n) is 12.4. The summed E-state index contributed by atoms with van der Waals surface area (Å²) in [5.74, 6) is 1.94. The Balaban J connectivity index is 1.85. The van der Waals surface area contributed by atoms with Crippen LogP contribution in [0.1, 0.15) is 24.1 Å². The number of hydrogen-bond acceptors (Lipinski definition) is 4. The van der Waals surface area contributed by atoms with E-state index in [1.807, 2.05) is 36.3 Å². The van der Waals surface area contributed by atoms with Gasteiger partial charge >= 0.3 is 0 Å². The van der Waals surface area contributed by atoms with Gasteiger partial charge in [0, 0.05) is 23.0 Å². The number of ether oxygens (including phenoxy) is 1. The molecule has 1 N–H and O–H groups in total. The molecule has 2 unspecified atom stereocenters. The molecule has 0 saturated carbocycles. The normalized spacial score (nSPS) is 18.7. The molecule has 1 aromatic carbocycles. The van der Waals surface area contributed by atoms with Crippen LogP contribution in [-0.4, -0.2) is 23.4 Å². The summed E-state index contributed by atoms with van der Waals surface area (Å²) in [5, 5.41) is 3.55. The Morgan fingerprint density at radius 3 is 3.05 bits per heavy atom. The Morgan fingerprint density at radius 1 is 1.38 bits per heavy atom. The number of likely N-dealkylation sites (N-methyl/N-ethyl adjacent to an activating group) is 1. The van der Waals surface area contributed by atoms with Crippen LogP contribution in [0.2, 0.25) is 0 Å². The first kappa shape index (κ1) is 14.4. The third-order valence-corrected chi connectivity index (χ3v) is 4.73. The van der Waals surface area contributed by atoms with Crippen LogP contribution < -0.4 is 10.1 Å². The smallest absolute Gasteiger partial charge is 0.133 e. The zero-order chi connectivity index (χ0) is 14.7. The summed E-state index contributed by atoms with van der Waals surface area (Å²) < 4.78 is 6.23. The molecule has 0 fully saturated rings. The molecule has 0 radical (unpaired) electrons. The van der Waals surface area contributed by atoms with Crippen molar-refractivity contribution in [1.82, 2.24) is 10.3 Å². The second kappa shape index (κ2) is 6.50. The Morgan fingerprint density at radius 2 is 2.24 bits per heavy atom. The number of benzene rings is 1. The van der Waals surface area contributed by atoms with Gasteiger partial charge in [0.1, 0.15) is 11.9 Å². The van der Waals surface area contributed by atoms with Gasteiger partial charge in [-0.25, -0.2) is 0 Å². The minimum atomic E-state index is 0.119. The molecule has 1 aromatic heterocycles. The Labute approximate surface area is 130 Å². The summed E-state index contributed by atoms with van der Waals surface area (Å²) in [5.41, 5.74) is 2.38. The molecule has 0 bridgehead atoms. The summed E-state index contributed by atoms with van der Waals surface area (Å²) in [6.45, 7) is 5.11. The molecule has 110 valence electrons. The first-order chi connectivity index (χ1) is 10.3. The van der Waals surface area contributed by atoms with E-state index in [2.05, 4.69) is 42.3 Å². The van der Waals surface area contributed by atoms with E-state index in [4.69, 9.17) is 4.74 Å². The maximum absolute atomic E-state index is 6.23. The van der Waals surface area contributed by atoms with Gasteiger partial charge in [0.15, 0.2) is 0 Å². The molecule has 0 saturated heterocycles. The van der Waals surface area contributed by atoms with Crippen LogP contribution in [0.25, 0.3) is 0 Å². The van der Waals surface area contributed by atoms with Gasteiger partial charge in [-0.05, 0) is 36.7 Å². The third-order valence-electron chi connectivity index (χ3n) is 3.58.